The first-order valence-electron chi connectivity index (χ1n) is 15.2. The van der Waals surface area contributed by atoms with Gasteiger partial charge in [-0.2, -0.15) is 0 Å². The molecule has 40 heavy (non-hydrogen) atoms. The van der Waals surface area contributed by atoms with E-state index >= 15 is 0 Å². The van der Waals surface area contributed by atoms with E-state index in [4.69, 9.17) is 4.74 Å². The monoisotopic (exact) mass is 564 g/mol. The Bertz CT molecular complexity index is 1230. The molecule has 7 heteroatoms. The Morgan fingerprint density at radius 1 is 1.07 bits per heavy atom. The zero-order chi connectivity index (χ0) is 28.2. The lowest BCUT2D eigenvalue weighted by Crippen LogP contribution is -2.43. The van der Waals surface area contributed by atoms with E-state index < -0.39 is 11.0 Å². The van der Waals surface area contributed by atoms with Crippen LogP contribution in [0.1, 0.15) is 86.7 Å². The van der Waals surface area contributed by atoms with Gasteiger partial charge in [0.1, 0.15) is 23.0 Å². The SMILES string of the molecule is CCCc1ccccc1C1COc2ccc3cc2N(C1)CC1CCC1C(C=O)CCCC(C)C(C)S(=O)NC3=O. The van der Waals surface area contributed by atoms with Crippen molar-refractivity contribution in [3.8, 4) is 5.75 Å². The summed E-state index contributed by atoms with van der Waals surface area (Å²) in [7, 11) is -1.49. The van der Waals surface area contributed by atoms with Gasteiger partial charge in [-0.1, -0.05) is 51.0 Å². The molecule has 2 aromatic rings. The molecule has 0 spiro atoms. The highest BCUT2D eigenvalue weighted by Crippen LogP contribution is 2.44. The van der Waals surface area contributed by atoms with Crippen LogP contribution in [0.15, 0.2) is 42.5 Å². The average Bonchev–Trinajstić information content (AvgIpc) is 3.13. The number of nitrogens with zero attached hydrogens (tertiary/aromatic N) is 1. The molecular formula is C33H44N2O4S. The van der Waals surface area contributed by atoms with E-state index in [2.05, 4.69) is 47.7 Å². The Hall–Kier alpha value is -2.67. The molecule has 7 unspecified atom stereocenters. The highest BCUT2D eigenvalue weighted by molar-refractivity contribution is 7.84. The fourth-order valence-corrected chi connectivity index (χ4v) is 7.89. The topological polar surface area (TPSA) is 75.7 Å². The number of rotatable bonds is 4. The van der Waals surface area contributed by atoms with Gasteiger partial charge in [-0.25, -0.2) is 4.21 Å². The lowest BCUT2D eigenvalue weighted by molar-refractivity contribution is -0.115. The summed E-state index contributed by atoms with van der Waals surface area (Å²) in [6, 6.07) is 14.3. The van der Waals surface area contributed by atoms with Crippen LogP contribution in [0.3, 0.4) is 0 Å². The standard InChI is InChI=1S/C33H44N2O4S/c1-4-8-24-10-5-6-12-29(24)28-19-35-18-26-13-15-30(26)27(20-36)11-7-9-22(2)23(3)40(38)34-33(37)25-14-16-32(39-21-28)31(35)17-25/h5-6,10,12,14,16-17,20,22-23,26-28,30H,4,7-9,11,13,15,18-19,21H2,1-3H3,(H,34,37). The summed E-state index contributed by atoms with van der Waals surface area (Å²) in [5, 5.41) is -0.174. The van der Waals surface area contributed by atoms with E-state index in [-0.39, 0.29) is 28.9 Å². The molecule has 7 atom stereocenters. The van der Waals surface area contributed by atoms with Gasteiger partial charge in [0.25, 0.3) is 5.91 Å². The van der Waals surface area contributed by atoms with Gasteiger partial charge in [0.05, 0.1) is 17.5 Å². The fourth-order valence-electron chi connectivity index (χ4n) is 6.84. The Labute approximate surface area is 241 Å². The summed E-state index contributed by atoms with van der Waals surface area (Å²) in [5.41, 5.74) is 4.10. The van der Waals surface area contributed by atoms with E-state index in [1.807, 2.05) is 19.1 Å². The summed E-state index contributed by atoms with van der Waals surface area (Å²) in [6.45, 7) is 8.43. The minimum Gasteiger partial charge on any atom is -0.491 e. The van der Waals surface area contributed by atoms with Crippen LogP contribution < -0.4 is 14.4 Å². The van der Waals surface area contributed by atoms with Gasteiger partial charge in [0, 0.05) is 30.5 Å². The summed E-state index contributed by atoms with van der Waals surface area (Å²) < 4.78 is 22.3. The molecule has 0 saturated heterocycles. The molecule has 2 aliphatic heterocycles. The van der Waals surface area contributed by atoms with Crippen LogP contribution in [0.4, 0.5) is 5.69 Å². The summed E-state index contributed by atoms with van der Waals surface area (Å²) in [5.74, 6) is 1.71. The van der Waals surface area contributed by atoms with Crippen molar-refractivity contribution in [1.29, 1.82) is 0 Å². The smallest absolute Gasteiger partial charge is 0.263 e. The zero-order valence-electron chi connectivity index (χ0n) is 24.1. The number of aryl methyl sites for hydroxylation is 1. The van der Waals surface area contributed by atoms with Gasteiger partial charge < -0.3 is 14.4 Å². The maximum atomic E-state index is 13.3. The first-order chi connectivity index (χ1) is 19.4. The zero-order valence-corrected chi connectivity index (χ0v) is 25.0. The second kappa shape index (κ2) is 12.9. The average molecular weight is 565 g/mol. The van der Waals surface area contributed by atoms with Crippen LogP contribution in [-0.4, -0.2) is 41.3 Å². The van der Waals surface area contributed by atoms with E-state index in [0.29, 0.717) is 24.0 Å². The number of hydrogen-bond donors (Lipinski definition) is 1. The largest absolute Gasteiger partial charge is 0.491 e. The molecule has 6 nitrogen and oxygen atoms in total. The van der Waals surface area contributed by atoms with Crippen molar-refractivity contribution >= 4 is 28.9 Å². The number of nitrogens with one attached hydrogen (secondary N) is 1. The molecule has 1 amide bonds. The van der Waals surface area contributed by atoms with Crippen molar-refractivity contribution in [1.82, 2.24) is 4.72 Å². The number of ether oxygens (including phenoxy) is 1. The summed E-state index contributed by atoms with van der Waals surface area (Å²) >= 11 is 0. The molecular weight excluding hydrogens is 520 g/mol. The molecule has 0 aromatic heterocycles. The highest BCUT2D eigenvalue weighted by atomic mass is 32.2. The van der Waals surface area contributed by atoms with Gasteiger partial charge in [0.2, 0.25) is 0 Å². The minimum atomic E-state index is -1.49. The van der Waals surface area contributed by atoms with Crippen LogP contribution in [0.25, 0.3) is 0 Å². The number of carbonyl (C=O) groups is 2. The number of fused-ring (bicyclic) bond motifs is 2. The molecule has 1 aliphatic carbocycles. The van der Waals surface area contributed by atoms with Crippen molar-refractivity contribution in [3.63, 3.8) is 0 Å². The number of anilines is 1. The van der Waals surface area contributed by atoms with E-state index in [9.17, 15) is 13.8 Å². The number of hydrogen-bond acceptors (Lipinski definition) is 5. The Balaban J connectivity index is 1.51. The fraction of sp³-hybridized carbons (Fsp3) is 0.576. The summed E-state index contributed by atoms with van der Waals surface area (Å²) in [6.07, 6.45) is 8.21. The van der Waals surface area contributed by atoms with Crippen LogP contribution in [0.5, 0.6) is 5.75 Å². The normalized spacial score (nSPS) is 31.1. The molecule has 1 fully saturated rings. The third kappa shape index (κ3) is 6.14. The second-order valence-electron chi connectivity index (χ2n) is 12.2. The van der Waals surface area contributed by atoms with E-state index in [0.717, 1.165) is 69.5 Å². The molecule has 3 aliphatic rings. The maximum Gasteiger partial charge on any atom is 0.263 e. The van der Waals surface area contributed by atoms with Crippen LogP contribution in [-0.2, 0) is 22.2 Å². The van der Waals surface area contributed by atoms with Crippen LogP contribution in [0.2, 0.25) is 0 Å². The molecule has 2 bridgehead atoms. The van der Waals surface area contributed by atoms with Crippen LogP contribution in [0, 0.1) is 23.7 Å². The predicted octanol–water partition coefficient (Wildman–Crippen LogP) is 6.07. The van der Waals surface area contributed by atoms with E-state index in [1.54, 1.807) is 6.07 Å². The Morgan fingerprint density at radius 2 is 1.90 bits per heavy atom. The lowest BCUT2D eigenvalue weighted by Gasteiger charge is -2.43. The van der Waals surface area contributed by atoms with Crippen molar-refractivity contribution in [2.24, 2.45) is 23.7 Å². The predicted molar refractivity (Wildman–Crippen MR) is 161 cm³/mol. The number of carbonyl (C=O) groups excluding carboxylic acids is 2. The van der Waals surface area contributed by atoms with Crippen molar-refractivity contribution in [3.05, 3.63) is 59.2 Å². The molecule has 0 radical (unpaired) electrons. The number of benzene rings is 2. The third-order valence-corrected chi connectivity index (χ3v) is 11.2. The summed E-state index contributed by atoms with van der Waals surface area (Å²) in [4.78, 5) is 27.9. The van der Waals surface area contributed by atoms with Gasteiger partial charge in [0.15, 0.2) is 0 Å². The Morgan fingerprint density at radius 3 is 2.65 bits per heavy atom. The van der Waals surface area contributed by atoms with Gasteiger partial charge in [-0.3, -0.25) is 9.52 Å². The minimum absolute atomic E-state index is 0.0643. The molecule has 2 heterocycles. The molecule has 5 rings (SSSR count). The highest BCUT2D eigenvalue weighted by Gasteiger charge is 2.39. The second-order valence-corrected chi connectivity index (χ2v) is 13.7. The van der Waals surface area contributed by atoms with Gasteiger partial charge >= 0.3 is 0 Å². The number of aldehydes is 1. The lowest BCUT2D eigenvalue weighted by atomic mass is 9.66. The first-order valence-corrected chi connectivity index (χ1v) is 16.4. The number of amides is 1. The first kappa shape index (κ1) is 28.8. The van der Waals surface area contributed by atoms with Crippen molar-refractivity contribution in [2.45, 2.75) is 76.9 Å². The quantitative estimate of drug-likeness (QED) is 0.457. The van der Waals surface area contributed by atoms with Crippen LogP contribution >= 0.6 is 0 Å². The molecule has 1 saturated carbocycles. The third-order valence-electron chi connectivity index (χ3n) is 9.64. The molecule has 1 N–H and O–H groups in total. The van der Waals surface area contributed by atoms with Crippen molar-refractivity contribution < 1.29 is 18.5 Å². The molecule has 2 aromatic carbocycles. The van der Waals surface area contributed by atoms with Crippen molar-refractivity contribution in [2.75, 3.05) is 24.6 Å². The van der Waals surface area contributed by atoms with E-state index in [1.165, 1.54) is 17.4 Å². The molecule has 216 valence electrons. The van der Waals surface area contributed by atoms with Gasteiger partial charge in [-0.05, 0) is 86.1 Å². The maximum absolute atomic E-state index is 13.3. The van der Waals surface area contributed by atoms with Gasteiger partial charge in [-0.15, -0.1) is 0 Å². The Kier molecular flexibility index (Phi) is 9.29.